The first-order chi connectivity index (χ1) is 10.1. The Bertz CT molecular complexity index is 405. The Morgan fingerprint density at radius 3 is 2.48 bits per heavy atom. The van der Waals surface area contributed by atoms with Gasteiger partial charge in [-0.3, -0.25) is 0 Å². The average molecular weight is 290 g/mol. The second-order valence-electron chi connectivity index (χ2n) is 9.10. The van der Waals surface area contributed by atoms with Gasteiger partial charge in [0.2, 0.25) is 0 Å². The lowest BCUT2D eigenvalue weighted by atomic mass is 9.49. The van der Waals surface area contributed by atoms with E-state index in [4.69, 9.17) is 0 Å². The molecular weight excluding hydrogens is 256 g/mol. The molecule has 0 aliphatic heterocycles. The van der Waals surface area contributed by atoms with Crippen LogP contribution in [0.4, 0.5) is 0 Å². The highest BCUT2D eigenvalue weighted by Gasteiger charge is 2.61. The maximum Gasteiger partial charge on any atom is 0.0701 e. The van der Waals surface area contributed by atoms with Crippen molar-refractivity contribution < 1.29 is 5.11 Å². The third-order valence-corrected chi connectivity index (χ3v) is 8.79. The molecule has 4 saturated carbocycles. The van der Waals surface area contributed by atoms with E-state index in [1.807, 2.05) is 0 Å². The van der Waals surface area contributed by atoms with Crippen LogP contribution in [0.5, 0.6) is 0 Å². The van der Waals surface area contributed by atoms with E-state index in [1.165, 1.54) is 57.8 Å². The summed E-state index contributed by atoms with van der Waals surface area (Å²) in [6, 6.07) is 0. The first-order valence-corrected chi connectivity index (χ1v) is 9.81. The molecule has 4 rings (SSSR count). The zero-order valence-corrected chi connectivity index (χ0v) is 14.1. The van der Waals surface area contributed by atoms with E-state index in [2.05, 4.69) is 13.8 Å². The minimum absolute atomic E-state index is 0.227. The molecule has 0 unspecified atom stereocenters. The summed E-state index contributed by atoms with van der Waals surface area (Å²) in [5.74, 6) is 4.90. The van der Waals surface area contributed by atoms with Gasteiger partial charge in [-0.2, -0.15) is 0 Å². The van der Waals surface area contributed by atoms with Crippen molar-refractivity contribution in [3.05, 3.63) is 0 Å². The standard InChI is InChI=1S/C20H34O/c1-3-20(21)13-11-18-17-9-8-14-6-4-5-7-15(14)16(17)10-12-19(18,20)2/h14-18,21H,3-13H2,1-2H3/t14-,15+,16-,17-,18+,19+,20+/m1/s1. The van der Waals surface area contributed by atoms with Crippen LogP contribution in [0.15, 0.2) is 0 Å². The van der Waals surface area contributed by atoms with Crippen molar-refractivity contribution in [2.75, 3.05) is 0 Å². The molecule has 0 radical (unpaired) electrons. The third-order valence-electron chi connectivity index (χ3n) is 8.79. The van der Waals surface area contributed by atoms with E-state index in [0.29, 0.717) is 0 Å². The fourth-order valence-electron chi connectivity index (χ4n) is 7.52. The first kappa shape index (κ1) is 14.5. The van der Waals surface area contributed by atoms with Crippen molar-refractivity contribution >= 4 is 0 Å². The smallest absolute Gasteiger partial charge is 0.0701 e. The van der Waals surface area contributed by atoms with Crippen LogP contribution >= 0.6 is 0 Å². The maximum absolute atomic E-state index is 11.2. The van der Waals surface area contributed by atoms with Gasteiger partial charge in [0, 0.05) is 0 Å². The molecule has 0 saturated heterocycles. The van der Waals surface area contributed by atoms with Crippen molar-refractivity contribution in [3.63, 3.8) is 0 Å². The normalized spacial score (nSPS) is 56.4. The summed E-state index contributed by atoms with van der Waals surface area (Å²) in [6.45, 7) is 4.65. The molecule has 4 aliphatic rings. The van der Waals surface area contributed by atoms with Crippen LogP contribution in [0, 0.1) is 35.0 Å². The Kier molecular flexibility index (Phi) is 3.45. The Morgan fingerprint density at radius 2 is 1.67 bits per heavy atom. The van der Waals surface area contributed by atoms with Crippen LogP contribution in [0.25, 0.3) is 0 Å². The number of aliphatic hydroxyl groups is 1. The molecule has 0 aromatic rings. The van der Waals surface area contributed by atoms with Crippen molar-refractivity contribution in [1.82, 2.24) is 0 Å². The number of rotatable bonds is 1. The zero-order valence-electron chi connectivity index (χ0n) is 14.1. The molecule has 0 heterocycles. The Labute approximate surface area is 130 Å². The molecule has 0 bridgehead atoms. The van der Waals surface area contributed by atoms with Crippen LogP contribution < -0.4 is 0 Å². The molecule has 1 N–H and O–H groups in total. The minimum atomic E-state index is -0.355. The van der Waals surface area contributed by atoms with Crippen LogP contribution in [0.1, 0.15) is 84.5 Å². The van der Waals surface area contributed by atoms with Gasteiger partial charge in [-0.15, -0.1) is 0 Å². The van der Waals surface area contributed by atoms with Crippen LogP contribution in [-0.4, -0.2) is 10.7 Å². The molecule has 0 aromatic carbocycles. The monoisotopic (exact) mass is 290 g/mol. The summed E-state index contributed by atoms with van der Waals surface area (Å²) in [7, 11) is 0. The fraction of sp³-hybridized carbons (Fsp3) is 1.00. The van der Waals surface area contributed by atoms with E-state index in [-0.39, 0.29) is 11.0 Å². The lowest BCUT2D eigenvalue weighted by molar-refractivity contribution is -0.131. The van der Waals surface area contributed by atoms with Crippen LogP contribution in [0.3, 0.4) is 0 Å². The van der Waals surface area contributed by atoms with Gasteiger partial charge in [-0.25, -0.2) is 0 Å². The molecular formula is C20H34O. The Hall–Kier alpha value is -0.0400. The summed E-state index contributed by atoms with van der Waals surface area (Å²) in [5.41, 5.74) is -0.129. The highest BCUT2D eigenvalue weighted by Crippen LogP contribution is 2.65. The Morgan fingerprint density at radius 1 is 0.857 bits per heavy atom. The highest BCUT2D eigenvalue weighted by atomic mass is 16.3. The minimum Gasteiger partial charge on any atom is -0.389 e. The largest absolute Gasteiger partial charge is 0.389 e. The molecule has 4 fully saturated rings. The summed E-state index contributed by atoms with van der Waals surface area (Å²) in [6.07, 6.45) is 15.1. The van der Waals surface area contributed by atoms with Crippen molar-refractivity contribution in [1.29, 1.82) is 0 Å². The maximum atomic E-state index is 11.2. The van der Waals surface area contributed by atoms with Crippen LogP contribution in [-0.2, 0) is 0 Å². The summed E-state index contributed by atoms with van der Waals surface area (Å²) in [5, 5.41) is 11.2. The van der Waals surface area contributed by atoms with Crippen molar-refractivity contribution in [2.24, 2.45) is 35.0 Å². The summed E-state index contributed by atoms with van der Waals surface area (Å²) in [4.78, 5) is 0. The molecule has 21 heavy (non-hydrogen) atoms. The summed E-state index contributed by atoms with van der Waals surface area (Å²) < 4.78 is 0. The first-order valence-electron chi connectivity index (χ1n) is 9.81. The third kappa shape index (κ3) is 1.92. The molecule has 0 spiro atoms. The summed E-state index contributed by atoms with van der Waals surface area (Å²) >= 11 is 0. The predicted molar refractivity (Wildman–Crippen MR) is 87.0 cm³/mol. The van der Waals surface area contributed by atoms with E-state index in [0.717, 1.165) is 42.4 Å². The van der Waals surface area contributed by atoms with E-state index < -0.39 is 0 Å². The molecule has 0 aromatic heterocycles. The van der Waals surface area contributed by atoms with Gasteiger partial charge in [0.1, 0.15) is 0 Å². The number of hydrogen-bond acceptors (Lipinski definition) is 1. The SMILES string of the molecule is CC[C@]1(O)CC[C@H]2[C@@H]3CC[C@H]4CCCC[C@@H]4[C@H]3CC[C@@]21C. The van der Waals surface area contributed by atoms with E-state index in [9.17, 15) is 5.11 Å². The number of hydrogen-bond donors (Lipinski definition) is 1. The van der Waals surface area contributed by atoms with Crippen molar-refractivity contribution in [2.45, 2.75) is 90.1 Å². The topological polar surface area (TPSA) is 20.2 Å². The second kappa shape index (κ2) is 4.98. The van der Waals surface area contributed by atoms with Gasteiger partial charge in [0.15, 0.2) is 0 Å². The Balaban J connectivity index is 1.60. The van der Waals surface area contributed by atoms with Gasteiger partial charge >= 0.3 is 0 Å². The van der Waals surface area contributed by atoms with Crippen LogP contribution in [0.2, 0.25) is 0 Å². The van der Waals surface area contributed by atoms with Gasteiger partial charge in [-0.05, 0) is 86.4 Å². The highest BCUT2D eigenvalue weighted by molar-refractivity contribution is 5.11. The quantitative estimate of drug-likeness (QED) is 0.706. The van der Waals surface area contributed by atoms with E-state index in [1.54, 1.807) is 0 Å². The lowest BCUT2D eigenvalue weighted by Gasteiger charge is -2.57. The number of fused-ring (bicyclic) bond motifs is 5. The zero-order chi connectivity index (χ0) is 14.7. The molecule has 1 nitrogen and oxygen atoms in total. The van der Waals surface area contributed by atoms with E-state index >= 15 is 0 Å². The molecule has 1 heteroatoms. The van der Waals surface area contributed by atoms with Gasteiger partial charge in [-0.1, -0.05) is 33.1 Å². The van der Waals surface area contributed by atoms with Crippen molar-refractivity contribution in [3.8, 4) is 0 Å². The van der Waals surface area contributed by atoms with Gasteiger partial charge in [0.05, 0.1) is 5.60 Å². The van der Waals surface area contributed by atoms with Gasteiger partial charge in [0.25, 0.3) is 0 Å². The molecule has 120 valence electrons. The molecule has 4 aliphatic carbocycles. The molecule has 7 atom stereocenters. The fourth-order valence-corrected chi connectivity index (χ4v) is 7.52. The van der Waals surface area contributed by atoms with Gasteiger partial charge < -0.3 is 5.11 Å². The second-order valence-corrected chi connectivity index (χ2v) is 9.10. The molecule has 0 amide bonds. The average Bonchev–Trinajstić information content (AvgIpc) is 2.79. The lowest BCUT2D eigenvalue weighted by Crippen LogP contribution is -2.53. The predicted octanol–water partition coefficient (Wildman–Crippen LogP) is 5.17.